The van der Waals surface area contributed by atoms with Crippen molar-refractivity contribution >= 4 is 40.1 Å². The zero-order valence-electron chi connectivity index (χ0n) is 19.1. The first-order valence-electron chi connectivity index (χ1n) is 11.1. The highest BCUT2D eigenvalue weighted by Gasteiger charge is 2.45. The molecule has 1 atom stereocenters. The maximum absolute atomic E-state index is 13.8. The van der Waals surface area contributed by atoms with E-state index >= 15 is 0 Å². The van der Waals surface area contributed by atoms with E-state index in [9.17, 15) is 14.7 Å². The number of thiophene rings is 1. The number of aliphatic hydroxyl groups excluding tert-OH is 1. The van der Waals surface area contributed by atoms with Gasteiger partial charge in [0.2, 0.25) is 5.78 Å². The molecule has 0 saturated carbocycles. The van der Waals surface area contributed by atoms with E-state index in [0.717, 1.165) is 10.4 Å². The number of carbonyl (C=O) groups is 2. The number of aliphatic hydroxyl groups is 1. The topological polar surface area (TPSA) is 79.7 Å². The Balaban J connectivity index is 1.57. The lowest BCUT2D eigenvalue weighted by molar-refractivity contribution is -0.117. The standard InChI is InChI=1S/C27H22N2O4S2/c1-3-33-19-13-11-18(12-14-19)29-22(20-10-7-15-34-20)21(24(31)27(29)32)23(30)25-16(2)28-26(35-25)17-8-5-4-6-9-17/h4-15,22,31H,3H2,1-2H3. The van der Waals surface area contributed by atoms with Gasteiger partial charge in [0.25, 0.3) is 5.91 Å². The highest BCUT2D eigenvalue weighted by molar-refractivity contribution is 7.17. The molecule has 2 aromatic heterocycles. The Morgan fingerprint density at radius 2 is 1.83 bits per heavy atom. The molecule has 0 spiro atoms. The molecule has 0 bridgehead atoms. The van der Waals surface area contributed by atoms with Crippen LogP contribution in [0, 0.1) is 6.92 Å². The van der Waals surface area contributed by atoms with Gasteiger partial charge in [-0.05, 0) is 49.6 Å². The number of thiazole rings is 1. The van der Waals surface area contributed by atoms with Gasteiger partial charge in [-0.15, -0.1) is 22.7 Å². The van der Waals surface area contributed by atoms with Gasteiger partial charge in [-0.1, -0.05) is 36.4 Å². The van der Waals surface area contributed by atoms with Crippen molar-refractivity contribution in [2.24, 2.45) is 0 Å². The highest BCUT2D eigenvalue weighted by atomic mass is 32.1. The monoisotopic (exact) mass is 502 g/mol. The molecule has 3 heterocycles. The largest absolute Gasteiger partial charge is 0.503 e. The molecule has 35 heavy (non-hydrogen) atoms. The fourth-order valence-electron chi connectivity index (χ4n) is 4.12. The summed E-state index contributed by atoms with van der Waals surface area (Å²) in [6.07, 6.45) is 0. The Bertz CT molecular complexity index is 1410. The maximum atomic E-state index is 13.8. The molecule has 4 aromatic rings. The minimum Gasteiger partial charge on any atom is -0.503 e. The van der Waals surface area contributed by atoms with E-state index in [1.807, 2.05) is 54.8 Å². The summed E-state index contributed by atoms with van der Waals surface area (Å²) in [6.45, 7) is 4.20. The Morgan fingerprint density at radius 1 is 1.09 bits per heavy atom. The van der Waals surface area contributed by atoms with E-state index in [4.69, 9.17) is 4.74 Å². The van der Waals surface area contributed by atoms with Crippen molar-refractivity contribution in [3.8, 4) is 16.3 Å². The molecule has 1 aliphatic heterocycles. The molecule has 1 amide bonds. The molecule has 0 fully saturated rings. The summed E-state index contributed by atoms with van der Waals surface area (Å²) in [7, 11) is 0. The van der Waals surface area contributed by atoms with Crippen molar-refractivity contribution in [1.82, 2.24) is 4.98 Å². The van der Waals surface area contributed by atoms with Crippen LogP contribution in [0.25, 0.3) is 10.6 Å². The van der Waals surface area contributed by atoms with Gasteiger partial charge in [-0.25, -0.2) is 4.98 Å². The number of hydrogen-bond donors (Lipinski definition) is 1. The molecular formula is C27H22N2O4S2. The van der Waals surface area contributed by atoms with Gasteiger partial charge >= 0.3 is 0 Å². The lowest BCUT2D eigenvalue weighted by Crippen LogP contribution is -2.30. The summed E-state index contributed by atoms with van der Waals surface area (Å²) in [6, 6.07) is 19.7. The number of hydrogen-bond acceptors (Lipinski definition) is 7. The van der Waals surface area contributed by atoms with Crippen LogP contribution in [0.4, 0.5) is 5.69 Å². The van der Waals surface area contributed by atoms with E-state index in [-0.39, 0.29) is 11.4 Å². The Morgan fingerprint density at radius 3 is 2.49 bits per heavy atom. The quantitative estimate of drug-likeness (QED) is 0.297. The molecule has 2 aromatic carbocycles. The molecule has 0 aliphatic carbocycles. The number of rotatable bonds is 7. The Labute approximate surface area is 210 Å². The zero-order valence-corrected chi connectivity index (χ0v) is 20.7. The van der Waals surface area contributed by atoms with Crippen molar-refractivity contribution in [3.63, 3.8) is 0 Å². The van der Waals surface area contributed by atoms with Gasteiger partial charge in [0, 0.05) is 16.1 Å². The zero-order chi connectivity index (χ0) is 24.5. The summed E-state index contributed by atoms with van der Waals surface area (Å²) >= 11 is 2.69. The lowest BCUT2D eigenvalue weighted by Gasteiger charge is -2.25. The van der Waals surface area contributed by atoms with E-state index in [2.05, 4.69) is 4.98 Å². The fraction of sp³-hybridized carbons (Fsp3) is 0.148. The summed E-state index contributed by atoms with van der Waals surface area (Å²) in [5.74, 6) is -0.852. The molecule has 1 aliphatic rings. The number of nitrogens with zero attached hydrogens (tertiary/aromatic N) is 2. The lowest BCUT2D eigenvalue weighted by atomic mass is 10.00. The predicted molar refractivity (Wildman–Crippen MR) is 138 cm³/mol. The van der Waals surface area contributed by atoms with Gasteiger partial charge in [0.15, 0.2) is 5.76 Å². The second-order valence-corrected chi connectivity index (χ2v) is 9.89. The van der Waals surface area contributed by atoms with Gasteiger partial charge in [-0.3, -0.25) is 14.5 Å². The number of benzene rings is 2. The molecule has 176 valence electrons. The first-order chi connectivity index (χ1) is 17.0. The number of aromatic nitrogens is 1. The minimum absolute atomic E-state index is 0.0673. The van der Waals surface area contributed by atoms with E-state index in [1.165, 1.54) is 27.6 Å². The number of amides is 1. The van der Waals surface area contributed by atoms with Crippen LogP contribution in [0.2, 0.25) is 0 Å². The maximum Gasteiger partial charge on any atom is 0.294 e. The highest BCUT2D eigenvalue weighted by Crippen LogP contribution is 2.44. The van der Waals surface area contributed by atoms with Crippen LogP contribution >= 0.6 is 22.7 Å². The first-order valence-corrected chi connectivity index (χ1v) is 12.8. The number of ether oxygens (including phenoxy) is 1. The number of ketones is 1. The Kier molecular flexibility index (Phi) is 6.23. The average Bonchev–Trinajstić information content (AvgIpc) is 3.59. The number of Topliss-reactive ketones (excluding diaryl/α,β-unsaturated/α-hetero) is 1. The van der Waals surface area contributed by atoms with Crippen LogP contribution in [0.5, 0.6) is 5.75 Å². The minimum atomic E-state index is -0.741. The normalized spacial score (nSPS) is 15.7. The summed E-state index contributed by atoms with van der Waals surface area (Å²) < 4.78 is 5.52. The van der Waals surface area contributed by atoms with Crippen LogP contribution < -0.4 is 9.64 Å². The van der Waals surface area contributed by atoms with Gasteiger partial charge in [0.05, 0.1) is 22.8 Å². The van der Waals surface area contributed by atoms with E-state index < -0.39 is 17.7 Å². The molecule has 5 rings (SSSR count). The second kappa shape index (κ2) is 9.48. The van der Waals surface area contributed by atoms with E-state index in [0.29, 0.717) is 33.6 Å². The van der Waals surface area contributed by atoms with Crippen molar-refractivity contribution in [2.45, 2.75) is 19.9 Å². The summed E-state index contributed by atoms with van der Waals surface area (Å²) in [5, 5.41) is 13.6. The second-order valence-electron chi connectivity index (χ2n) is 7.91. The number of anilines is 1. The predicted octanol–water partition coefficient (Wildman–Crippen LogP) is 6.36. The van der Waals surface area contributed by atoms with Crippen molar-refractivity contribution in [3.05, 3.63) is 98.9 Å². The van der Waals surface area contributed by atoms with Gasteiger partial charge < -0.3 is 9.84 Å². The fourth-order valence-corrected chi connectivity index (χ4v) is 5.97. The molecule has 8 heteroatoms. The van der Waals surface area contributed by atoms with Crippen LogP contribution in [0.15, 0.2) is 83.4 Å². The van der Waals surface area contributed by atoms with Crippen molar-refractivity contribution in [1.29, 1.82) is 0 Å². The molecular weight excluding hydrogens is 480 g/mol. The smallest absolute Gasteiger partial charge is 0.294 e. The third-order valence-electron chi connectivity index (χ3n) is 5.71. The average molecular weight is 503 g/mol. The molecule has 6 nitrogen and oxygen atoms in total. The van der Waals surface area contributed by atoms with Gasteiger partial charge in [0.1, 0.15) is 16.8 Å². The third kappa shape index (κ3) is 4.15. The first kappa shape index (κ1) is 23.0. The van der Waals surface area contributed by atoms with E-state index in [1.54, 1.807) is 31.2 Å². The van der Waals surface area contributed by atoms with Crippen molar-refractivity contribution in [2.75, 3.05) is 11.5 Å². The Hall–Kier alpha value is -3.75. The summed E-state index contributed by atoms with van der Waals surface area (Å²) in [4.78, 5) is 34.4. The van der Waals surface area contributed by atoms with Crippen LogP contribution in [-0.4, -0.2) is 28.4 Å². The van der Waals surface area contributed by atoms with Crippen LogP contribution in [-0.2, 0) is 4.79 Å². The molecule has 1 unspecified atom stereocenters. The van der Waals surface area contributed by atoms with Crippen LogP contribution in [0.1, 0.15) is 33.2 Å². The number of aryl methyl sites for hydroxylation is 1. The van der Waals surface area contributed by atoms with Crippen LogP contribution in [0.3, 0.4) is 0 Å². The van der Waals surface area contributed by atoms with Crippen molar-refractivity contribution < 1.29 is 19.4 Å². The molecule has 0 saturated heterocycles. The van der Waals surface area contributed by atoms with Gasteiger partial charge in [-0.2, -0.15) is 0 Å². The number of carbonyl (C=O) groups excluding carboxylic acids is 2. The molecule has 1 N–H and O–H groups in total. The SMILES string of the molecule is CCOc1ccc(N2C(=O)C(O)=C(C(=O)c3sc(-c4ccccc4)nc3C)C2c2cccs2)cc1. The summed E-state index contributed by atoms with van der Waals surface area (Å²) in [5.41, 5.74) is 2.11. The molecule has 0 radical (unpaired) electrons. The third-order valence-corrected chi connectivity index (χ3v) is 7.84.